The highest BCUT2D eigenvalue weighted by molar-refractivity contribution is 7.93. The zero-order chi connectivity index (χ0) is 35.1. The van der Waals surface area contributed by atoms with Crippen molar-refractivity contribution in [3.8, 4) is 0 Å². The quantitative estimate of drug-likeness (QED) is 0.133. The fourth-order valence-electron chi connectivity index (χ4n) is 6.78. The van der Waals surface area contributed by atoms with Crippen molar-refractivity contribution in [2.75, 3.05) is 43.0 Å². The van der Waals surface area contributed by atoms with E-state index >= 15 is 0 Å². The standard InChI is InChI=1S/C41H46N4O4S/c1-32(44(29-33-15-7-4-8-16-33)30-34-17-9-5-10-18-34)31-49-41(46)43-27-25-36(26-28-43)45(35-19-11-6-12-20-35)50(47,48)40-24-14-21-37-38(40)22-13-23-39(37)42(2)3/h4-24,32,36H,25-31H2,1-3H3/t32-/m0/s1. The molecule has 1 atom stereocenters. The molecular weight excluding hydrogens is 645 g/mol. The second-order valence-corrected chi connectivity index (χ2v) is 15.0. The summed E-state index contributed by atoms with van der Waals surface area (Å²) in [4.78, 5) is 19.7. The Morgan fingerprint density at radius 1 is 0.740 bits per heavy atom. The Hall–Kier alpha value is -4.86. The number of ether oxygens (including phenoxy) is 1. The van der Waals surface area contributed by atoms with Gasteiger partial charge in [-0.15, -0.1) is 0 Å². The van der Waals surface area contributed by atoms with Crippen LogP contribution in [0.5, 0.6) is 0 Å². The third-order valence-electron chi connectivity index (χ3n) is 9.47. The number of rotatable bonds is 12. The van der Waals surface area contributed by atoms with Gasteiger partial charge in [-0.2, -0.15) is 0 Å². The summed E-state index contributed by atoms with van der Waals surface area (Å²) in [5.41, 5.74) is 3.96. The highest BCUT2D eigenvalue weighted by atomic mass is 32.2. The number of sulfonamides is 1. The second kappa shape index (κ2) is 15.8. The van der Waals surface area contributed by atoms with E-state index in [1.165, 1.54) is 11.1 Å². The molecule has 1 aliphatic heterocycles. The minimum absolute atomic E-state index is 0.0238. The fraction of sp³-hybridized carbons (Fsp3) is 0.293. The number of carbonyl (C=O) groups excluding carboxylic acids is 1. The van der Waals surface area contributed by atoms with Gasteiger partial charge in [0.25, 0.3) is 10.0 Å². The first kappa shape index (κ1) is 35.0. The molecule has 5 aromatic carbocycles. The van der Waals surface area contributed by atoms with Crippen molar-refractivity contribution in [2.24, 2.45) is 0 Å². The van der Waals surface area contributed by atoms with Crippen LogP contribution in [0.15, 0.2) is 132 Å². The lowest BCUT2D eigenvalue weighted by Crippen LogP contribution is -2.49. The summed E-state index contributed by atoms with van der Waals surface area (Å²) < 4.78 is 36.8. The van der Waals surface area contributed by atoms with Crippen LogP contribution in [0.25, 0.3) is 10.8 Å². The molecule has 5 aromatic rings. The summed E-state index contributed by atoms with van der Waals surface area (Å²) in [6.45, 7) is 4.60. The summed E-state index contributed by atoms with van der Waals surface area (Å²) in [5, 5.41) is 1.56. The first-order chi connectivity index (χ1) is 24.2. The summed E-state index contributed by atoms with van der Waals surface area (Å²) in [6.07, 6.45) is 0.607. The summed E-state index contributed by atoms with van der Waals surface area (Å²) >= 11 is 0. The Bertz CT molecular complexity index is 1920. The van der Waals surface area contributed by atoms with Crippen molar-refractivity contribution < 1.29 is 17.9 Å². The fourth-order valence-corrected chi connectivity index (χ4v) is 8.70. The Labute approximate surface area is 296 Å². The average Bonchev–Trinajstić information content (AvgIpc) is 3.14. The number of anilines is 2. The molecule has 0 spiro atoms. The Morgan fingerprint density at radius 2 is 1.28 bits per heavy atom. The zero-order valence-electron chi connectivity index (χ0n) is 29.1. The van der Waals surface area contributed by atoms with Crippen LogP contribution < -0.4 is 9.21 Å². The van der Waals surface area contributed by atoms with E-state index < -0.39 is 10.0 Å². The van der Waals surface area contributed by atoms with Crippen molar-refractivity contribution in [1.82, 2.24) is 9.80 Å². The van der Waals surface area contributed by atoms with E-state index in [4.69, 9.17) is 4.74 Å². The van der Waals surface area contributed by atoms with Crippen LogP contribution in [0.1, 0.15) is 30.9 Å². The van der Waals surface area contributed by atoms with E-state index in [0.717, 1.165) is 24.2 Å². The number of hydrogen-bond donors (Lipinski definition) is 0. The van der Waals surface area contributed by atoms with E-state index in [9.17, 15) is 13.2 Å². The maximum Gasteiger partial charge on any atom is 0.409 e. The maximum absolute atomic E-state index is 14.6. The van der Waals surface area contributed by atoms with E-state index in [1.54, 1.807) is 15.3 Å². The number of hydrogen-bond acceptors (Lipinski definition) is 6. The number of carbonyl (C=O) groups is 1. The smallest absolute Gasteiger partial charge is 0.409 e. The molecule has 0 aromatic heterocycles. The molecule has 0 aliphatic carbocycles. The summed E-state index contributed by atoms with van der Waals surface area (Å²) in [5.74, 6) is 0. The number of likely N-dealkylation sites (tertiary alicyclic amines) is 1. The van der Waals surface area contributed by atoms with Crippen LogP contribution in [-0.4, -0.2) is 70.2 Å². The third kappa shape index (κ3) is 7.95. The van der Waals surface area contributed by atoms with Crippen molar-refractivity contribution in [3.05, 3.63) is 139 Å². The van der Waals surface area contributed by atoms with Gasteiger partial charge in [0.05, 0.1) is 10.6 Å². The van der Waals surface area contributed by atoms with Crippen molar-refractivity contribution in [2.45, 2.75) is 49.8 Å². The number of nitrogens with zero attached hydrogens (tertiary/aromatic N) is 4. The van der Waals surface area contributed by atoms with E-state index in [0.29, 0.717) is 37.0 Å². The van der Waals surface area contributed by atoms with Crippen LogP contribution in [-0.2, 0) is 27.8 Å². The van der Waals surface area contributed by atoms with Crippen LogP contribution in [0, 0.1) is 0 Å². The Morgan fingerprint density at radius 3 is 1.86 bits per heavy atom. The molecule has 0 bridgehead atoms. The number of piperidine rings is 1. The number of para-hydroxylation sites is 1. The van der Waals surface area contributed by atoms with Crippen molar-refractivity contribution >= 4 is 38.3 Å². The van der Waals surface area contributed by atoms with Gasteiger partial charge < -0.3 is 14.5 Å². The van der Waals surface area contributed by atoms with Crippen LogP contribution >= 0.6 is 0 Å². The van der Waals surface area contributed by atoms with Gasteiger partial charge in [0, 0.05) is 68.8 Å². The molecule has 1 heterocycles. The third-order valence-corrected chi connectivity index (χ3v) is 11.4. The molecule has 6 rings (SSSR count). The minimum atomic E-state index is -3.97. The predicted octanol–water partition coefficient (Wildman–Crippen LogP) is 7.79. The second-order valence-electron chi connectivity index (χ2n) is 13.2. The van der Waals surface area contributed by atoms with Crippen LogP contribution in [0.4, 0.5) is 16.2 Å². The van der Waals surface area contributed by atoms with Gasteiger partial charge in [-0.05, 0) is 55.2 Å². The molecule has 9 heteroatoms. The Balaban J connectivity index is 1.15. The lowest BCUT2D eigenvalue weighted by atomic mass is 10.0. The molecule has 1 aliphatic rings. The molecule has 0 N–H and O–H groups in total. The van der Waals surface area contributed by atoms with Crippen molar-refractivity contribution in [3.63, 3.8) is 0 Å². The monoisotopic (exact) mass is 690 g/mol. The molecule has 260 valence electrons. The molecule has 50 heavy (non-hydrogen) atoms. The lowest BCUT2D eigenvalue weighted by molar-refractivity contribution is 0.0592. The SMILES string of the molecule is C[C@@H](COC(=O)N1CCC(N(c2ccccc2)S(=O)(=O)c2cccc3c(N(C)C)cccc23)CC1)N(Cc1ccccc1)Cc1ccccc1. The average molecular weight is 691 g/mol. The van der Waals surface area contributed by atoms with E-state index in [-0.39, 0.29) is 29.7 Å². The van der Waals surface area contributed by atoms with Gasteiger partial charge >= 0.3 is 6.09 Å². The van der Waals surface area contributed by atoms with Gasteiger partial charge in [0.1, 0.15) is 6.61 Å². The van der Waals surface area contributed by atoms with Gasteiger partial charge in [-0.25, -0.2) is 13.2 Å². The summed E-state index contributed by atoms with van der Waals surface area (Å²) in [7, 11) is -0.0577. The first-order valence-corrected chi connectivity index (χ1v) is 18.7. The molecule has 1 amide bonds. The molecule has 1 saturated heterocycles. The molecular formula is C41H46N4O4S. The molecule has 0 radical (unpaired) electrons. The molecule has 8 nitrogen and oxygen atoms in total. The normalized spacial score (nSPS) is 14.4. The number of fused-ring (bicyclic) bond motifs is 1. The van der Waals surface area contributed by atoms with Crippen LogP contribution in [0.3, 0.4) is 0 Å². The Kier molecular flexibility index (Phi) is 11.0. The summed E-state index contributed by atoms with van der Waals surface area (Å²) in [6, 6.07) is 40.8. The minimum Gasteiger partial charge on any atom is -0.448 e. The van der Waals surface area contributed by atoms with Crippen LogP contribution in [0.2, 0.25) is 0 Å². The molecule has 1 fully saturated rings. The highest BCUT2D eigenvalue weighted by Gasteiger charge is 2.36. The van der Waals surface area contributed by atoms with Gasteiger partial charge in [0.15, 0.2) is 0 Å². The number of amides is 1. The predicted molar refractivity (Wildman–Crippen MR) is 202 cm³/mol. The lowest BCUT2D eigenvalue weighted by Gasteiger charge is -2.39. The topological polar surface area (TPSA) is 73.4 Å². The van der Waals surface area contributed by atoms with E-state index in [2.05, 4.69) is 36.1 Å². The maximum atomic E-state index is 14.6. The van der Waals surface area contributed by atoms with Gasteiger partial charge in [-0.3, -0.25) is 9.21 Å². The molecule has 0 unspecified atom stereocenters. The van der Waals surface area contributed by atoms with E-state index in [1.807, 2.05) is 116 Å². The largest absolute Gasteiger partial charge is 0.448 e. The molecule has 0 saturated carbocycles. The van der Waals surface area contributed by atoms with Gasteiger partial charge in [0.2, 0.25) is 0 Å². The van der Waals surface area contributed by atoms with Gasteiger partial charge in [-0.1, -0.05) is 103 Å². The number of benzene rings is 5. The zero-order valence-corrected chi connectivity index (χ0v) is 29.9. The highest BCUT2D eigenvalue weighted by Crippen LogP contribution is 2.36. The van der Waals surface area contributed by atoms with Crippen molar-refractivity contribution in [1.29, 1.82) is 0 Å². The first-order valence-electron chi connectivity index (χ1n) is 17.2.